The molecule has 1 aromatic rings. The molecule has 0 saturated heterocycles. The molecule has 0 bridgehead atoms. The molecule has 1 aromatic heterocycles. The summed E-state index contributed by atoms with van der Waals surface area (Å²) in [7, 11) is 0. The summed E-state index contributed by atoms with van der Waals surface area (Å²) in [6.45, 7) is 2.09. The predicted molar refractivity (Wildman–Crippen MR) is 60.9 cm³/mol. The van der Waals surface area contributed by atoms with E-state index in [4.69, 9.17) is 5.73 Å². The first-order valence-electron chi connectivity index (χ1n) is 5.04. The Kier molecular flexibility index (Phi) is 2.88. The molecule has 2 nitrogen and oxygen atoms in total. The van der Waals surface area contributed by atoms with Gasteiger partial charge in [-0.3, -0.25) is 4.98 Å². The van der Waals surface area contributed by atoms with E-state index in [9.17, 15) is 0 Å². The van der Waals surface area contributed by atoms with Gasteiger partial charge in [-0.2, -0.15) is 0 Å². The van der Waals surface area contributed by atoms with Crippen LogP contribution < -0.4 is 5.73 Å². The zero-order valence-corrected chi connectivity index (χ0v) is 9.92. The highest BCUT2D eigenvalue weighted by Gasteiger charge is 2.25. The minimum Gasteiger partial charge on any atom is -0.324 e. The Hall–Kier alpha value is -0.410. The van der Waals surface area contributed by atoms with Crippen molar-refractivity contribution in [3.8, 4) is 0 Å². The quantitative estimate of drug-likeness (QED) is 0.901. The zero-order chi connectivity index (χ0) is 10.1. The molecule has 1 aliphatic carbocycles. The number of nitrogens with zero attached hydrogens (tertiary/aromatic N) is 1. The maximum absolute atomic E-state index is 6.14. The standard InChI is InChI=1S/C11H15BrN2/c1-7-9(5-14-6-10(7)12)11(13)4-8-2-3-8/h5-6,8,11H,2-4,13H2,1H3/t11-/m0/s1. The van der Waals surface area contributed by atoms with Gasteiger partial charge in [-0.1, -0.05) is 12.8 Å². The van der Waals surface area contributed by atoms with E-state index in [0.717, 1.165) is 16.8 Å². The third kappa shape index (κ3) is 2.15. The third-order valence-corrected chi connectivity index (χ3v) is 3.68. The normalized spacial score (nSPS) is 18.2. The van der Waals surface area contributed by atoms with Gasteiger partial charge in [0.25, 0.3) is 0 Å². The van der Waals surface area contributed by atoms with Crippen LogP contribution in [0.25, 0.3) is 0 Å². The average Bonchev–Trinajstić information content (AvgIpc) is 2.93. The van der Waals surface area contributed by atoms with Gasteiger partial charge in [0.1, 0.15) is 0 Å². The molecule has 1 saturated carbocycles. The van der Waals surface area contributed by atoms with E-state index in [1.807, 2.05) is 12.4 Å². The van der Waals surface area contributed by atoms with Gasteiger partial charge in [-0.25, -0.2) is 0 Å². The van der Waals surface area contributed by atoms with E-state index < -0.39 is 0 Å². The molecular weight excluding hydrogens is 240 g/mol. The first kappa shape index (κ1) is 10.1. The van der Waals surface area contributed by atoms with Gasteiger partial charge in [0, 0.05) is 22.9 Å². The number of hydrogen-bond donors (Lipinski definition) is 1. The van der Waals surface area contributed by atoms with Gasteiger partial charge >= 0.3 is 0 Å². The predicted octanol–water partition coefficient (Wildman–Crippen LogP) is 2.95. The molecule has 0 unspecified atom stereocenters. The molecule has 1 atom stereocenters. The summed E-state index contributed by atoms with van der Waals surface area (Å²) < 4.78 is 1.06. The third-order valence-electron chi connectivity index (χ3n) is 2.88. The number of pyridine rings is 1. The van der Waals surface area contributed by atoms with Crippen LogP contribution in [0.4, 0.5) is 0 Å². The van der Waals surface area contributed by atoms with Crippen LogP contribution in [0.5, 0.6) is 0 Å². The highest BCUT2D eigenvalue weighted by molar-refractivity contribution is 9.10. The van der Waals surface area contributed by atoms with Crippen LogP contribution in [0.15, 0.2) is 16.9 Å². The van der Waals surface area contributed by atoms with Gasteiger partial charge in [0.15, 0.2) is 0 Å². The van der Waals surface area contributed by atoms with Crippen LogP contribution in [0, 0.1) is 12.8 Å². The Bertz CT molecular complexity index is 334. The Morgan fingerprint density at radius 1 is 1.57 bits per heavy atom. The van der Waals surface area contributed by atoms with E-state index in [2.05, 4.69) is 27.8 Å². The highest BCUT2D eigenvalue weighted by atomic mass is 79.9. The molecule has 1 aliphatic rings. The summed E-state index contributed by atoms with van der Waals surface area (Å²) in [6, 6.07) is 0.160. The molecule has 1 heterocycles. The lowest BCUT2D eigenvalue weighted by Gasteiger charge is -2.14. The van der Waals surface area contributed by atoms with E-state index in [0.29, 0.717) is 0 Å². The largest absolute Gasteiger partial charge is 0.324 e. The lowest BCUT2D eigenvalue weighted by molar-refractivity contribution is 0.592. The molecule has 2 rings (SSSR count). The summed E-state index contributed by atoms with van der Waals surface area (Å²) >= 11 is 3.48. The minimum atomic E-state index is 0.160. The van der Waals surface area contributed by atoms with Crippen molar-refractivity contribution in [3.63, 3.8) is 0 Å². The summed E-state index contributed by atoms with van der Waals surface area (Å²) in [4.78, 5) is 4.17. The van der Waals surface area contributed by atoms with Crippen LogP contribution in [0.1, 0.15) is 36.4 Å². The van der Waals surface area contributed by atoms with Crippen LogP contribution in [-0.4, -0.2) is 4.98 Å². The number of halogens is 1. The molecule has 2 N–H and O–H groups in total. The topological polar surface area (TPSA) is 38.9 Å². The second kappa shape index (κ2) is 3.99. The summed E-state index contributed by atoms with van der Waals surface area (Å²) in [5.41, 5.74) is 8.56. The Labute approximate surface area is 93.0 Å². The van der Waals surface area contributed by atoms with Gasteiger partial charge in [-0.15, -0.1) is 0 Å². The molecule has 0 spiro atoms. The van der Waals surface area contributed by atoms with Crippen LogP contribution >= 0.6 is 15.9 Å². The van der Waals surface area contributed by atoms with Crippen molar-refractivity contribution in [2.75, 3.05) is 0 Å². The second-order valence-corrected chi connectivity index (χ2v) is 4.98. The molecule has 0 radical (unpaired) electrons. The fraction of sp³-hybridized carbons (Fsp3) is 0.545. The van der Waals surface area contributed by atoms with Crippen LogP contribution in [0.2, 0.25) is 0 Å². The molecule has 76 valence electrons. The van der Waals surface area contributed by atoms with Crippen molar-refractivity contribution in [3.05, 3.63) is 28.0 Å². The first-order valence-corrected chi connectivity index (χ1v) is 5.83. The summed E-state index contributed by atoms with van der Waals surface area (Å²) in [6.07, 6.45) is 7.54. The fourth-order valence-electron chi connectivity index (χ4n) is 1.73. The van der Waals surface area contributed by atoms with E-state index >= 15 is 0 Å². The second-order valence-electron chi connectivity index (χ2n) is 4.12. The Balaban J connectivity index is 2.16. The number of nitrogens with two attached hydrogens (primary N) is 1. The fourth-order valence-corrected chi connectivity index (χ4v) is 2.08. The van der Waals surface area contributed by atoms with Crippen LogP contribution in [-0.2, 0) is 0 Å². The molecular formula is C11H15BrN2. The van der Waals surface area contributed by atoms with Crippen molar-refractivity contribution in [2.45, 2.75) is 32.2 Å². The molecule has 0 aromatic carbocycles. The molecule has 0 amide bonds. The molecule has 1 fully saturated rings. The van der Waals surface area contributed by atoms with Crippen molar-refractivity contribution in [1.29, 1.82) is 0 Å². The molecule has 3 heteroatoms. The van der Waals surface area contributed by atoms with Crippen LogP contribution in [0.3, 0.4) is 0 Å². The zero-order valence-electron chi connectivity index (χ0n) is 8.33. The van der Waals surface area contributed by atoms with Crippen molar-refractivity contribution < 1.29 is 0 Å². The monoisotopic (exact) mass is 254 g/mol. The van der Waals surface area contributed by atoms with Gasteiger partial charge in [0.05, 0.1) is 0 Å². The summed E-state index contributed by atoms with van der Waals surface area (Å²) in [5.74, 6) is 0.864. The maximum Gasteiger partial charge on any atom is 0.0413 e. The van der Waals surface area contributed by atoms with E-state index in [1.165, 1.54) is 24.0 Å². The maximum atomic E-state index is 6.14. The SMILES string of the molecule is Cc1c(Br)cncc1[C@@H](N)CC1CC1. The Morgan fingerprint density at radius 3 is 2.93 bits per heavy atom. The minimum absolute atomic E-state index is 0.160. The number of aromatic nitrogens is 1. The first-order chi connectivity index (χ1) is 6.68. The van der Waals surface area contributed by atoms with E-state index in [-0.39, 0.29) is 6.04 Å². The highest BCUT2D eigenvalue weighted by Crippen LogP contribution is 2.37. The Morgan fingerprint density at radius 2 is 2.29 bits per heavy atom. The van der Waals surface area contributed by atoms with Gasteiger partial charge < -0.3 is 5.73 Å². The van der Waals surface area contributed by atoms with Crippen molar-refractivity contribution in [1.82, 2.24) is 4.98 Å². The molecule has 14 heavy (non-hydrogen) atoms. The number of hydrogen-bond acceptors (Lipinski definition) is 2. The lowest BCUT2D eigenvalue weighted by atomic mass is 10.00. The average molecular weight is 255 g/mol. The number of rotatable bonds is 3. The van der Waals surface area contributed by atoms with Gasteiger partial charge in [0.2, 0.25) is 0 Å². The van der Waals surface area contributed by atoms with Gasteiger partial charge in [-0.05, 0) is 46.3 Å². The molecule has 0 aliphatic heterocycles. The smallest absolute Gasteiger partial charge is 0.0413 e. The van der Waals surface area contributed by atoms with Crippen molar-refractivity contribution >= 4 is 15.9 Å². The lowest BCUT2D eigenvalue weighted by Crippen LogP contribution is -2.13. The van der Waals surface area contributed by atoms with E-state index in [1.54, 1.807) is 0 Å². The van der Waals surface area contributed by atoms with Crippen molar-refractivity contribution in [2.24, 2.45) is 11.7 Å². The summed E-state index contributed by atoms with van der Waals surface area (Å²) in [5, 5.41) is 0.